The van der Waals surface area contributed by atoms with Crippen molar-refractivity contribution in [3.05, 3.63) is 59.0 Å². The summed E-state index contributed by atoms with van der Waals surface area (Å²) in [6, 6.07) is 8.52. The highest BCUT2D eigenvalue weighted by atomic mass is 19.1. The Morgan fingerprint density at radius 1 is 1.26 bits per heavy atom. The molecule has 0 saturated heterocycles. The molecule has 0 aliphatic carbocycles. The Hall–Kier alpha value is -1.94. The maximum atomic E-state index is 13.2. The lowest BCUT2D eigenvalue weighted by Gasteiger charge is -2.20. The zero-order valence-electron chi connectivity index (χ0n) is 11.3. The lowest BCUT2D eigenvalue weighted by molar-refractivity contribution is 0.388. The lowest BCUT2D eigenvalue weighted by Crippen LogP contribution is -2.19. The highest BCUT2D eigenvalue weighted by Gasteiger charge is 2.18. The molecule has 3 nitrogen and oxygen atoms in total. The maximum absolute atomic E-state index is 13.2. The first-order valence-corrected chi connectivity index (χ1v) is 6.09. The van der Waals surface area contributed by atoms with Crippen molar-refractivity contribution >= 4 is 0 Å². The van der Waals surface area contributed by atoms with Gasteiger partial charge >= 0.3 is 0 Å². The summed E-state index contributed by atoms with van der Waals surface area (Å²) in [7, 11) is 3.45. The average molecular weight is 260 g/mol. The minimum absolute atomic E-state index is 0.0794. The lowest BCUT2D eigenvalue weighted by atomic mass is 9.95. The Labute approximate surface area is 112 Å². The van der Waals surface area contributed by atoms with Crippen molar-refractivity contribution in [1.29, 1.82) is 0 Å². The van der Waals surface area contributed by atoms with Gasteiger partial charge in [-0.3, -0.25) is 0 Å². The molecule has 0 aliphatic heterocycles. The summed E-state index contributed by atoms with van der Waals surface area (Å²) >= 11 is 0. The van der Waals surface area contributed by atoms with Crippen LogP contribution >= 0.6 is 0 Å². The van der Waals surface area contributed by atoms with Gasteiger partial charge in [-0.15, -0.1) is 0 Å². The van der Waals surface area contributed by atoms with Gasteiger partial charge in [0.15, 0.2) is 0 Å². The molecule has 0 spiro atoms. The van der Waals surface area contributed by atoms with Crippen LogP contribution in [0.1, 0.15) is 22.7 Å². The number of methoxy groups -OCH3 is 1. The summed E-state index contributed by atoms with van der Waals surface area (Å²) in [6.45, 7) is 1.89. The third-order valence-corrected chi connectivity index (χ3v) is 3.14. The molecule has 1 unspecified atom stereocenters. The molecular formula is C15H17FN2O. The standard InChI is InChI=1S/C15H17FN2O/c1-10-9-11(16)6-7-12(10)14(17-2)13-5-4-8-18-15(13)19-3/h4-9,14,17H,1-3H3. The fraction of sp³-hybridized carbons (Fsp3) is 0.267. The van der Waals surface area contributed by atoms with Gasteiger partial charge in [-0.2, -0.15) is 0 Å². The van der Waals surface area contributed by atoms with Crippen molar-refractivity contribution in [1.82, 2.24) is 10.3 Å². The molecule has 19 heavy (non-hydrogen) atoms. The van der Waals surface area contributed by atoms with Crippen molar-refractivity contribution in [2.45, 2.75) is 13.0 Å². The third kappa shape index (κ3) is 2.74. The van der Waals surface area contributed by atoms with E-state index in [4.69, 9.17) is 4.74 Å². The molecule has 0 fully saturated rings. The third-order valence-electron chi connectivity index (χ3n) is 3.14. The van der Waals surface area contributed by atoms with E-state index in [0.29, 0.717) is 5.88 Å². The van der Waals surface area contributed by atoms with Gasteiger partial charge < -0.3 is 10.1 Å². The summed E-state index contributed by atoms with van der Waals surface area (Å²) in [6.07, 6.45) is 1.69. The van der Waals surface area contributed by atoms with Crippen LogP contribution in [0.15, 0.2) is 36.5 Å². The Morgan fingerprint density at radius 3 is 2.68 bits per heavy atom. The zero-order valence-corrected chi connectivity index (χ0v) is 11.3. The molecule has 0 amide bonds. The summed E-state index contributed by atoms with van der Waals surface area (Å²) < 4.78 is 18.5. The Bertz CT molecular complexity index is 572. The monoisotopic (exact) mass is 260 g/mol. The van der Waals surface area contributed by atoms with Crippen molar-refractivity contribution in [2.75, 3.05) is 14.2 Å². The van der Waals surface area contributed by atoms with E-state index < -0.39 is 0 Å². The number of nitrogens with one attached hydrogen (secondary N) is 1. The van der Waals surface area contributed by atoms with Gasteiger partial charge in [0.2, 0.25) is 5.88 Å². The summed E-state index contributed by atoms with van der Waals surface area (Å²) in [4.78, 5) is 4.20. The molecule has 4 heteroatoms. The maximum Gasteiger partial charge on any atom is 0.218 e. The van der Waals surface area contributed by atoms with E-state index in [1.807, 2.05) is 26.1 Å². The molecule has 1 heterocycles. The quantitative estimate of drug-likeness (QED) is 0.918. The van der Waals surface area contributed by atoms with Gasteiger partial charge in [-0.1, -0.05) is 12.1 Å². The van der Waals surface area contributed by atoms with Gasteiger partial charge in [0.25, 0.3) is 0 Å². The largest absolute Gasteiger partial charge is 0.481 e. The van der Waals surface area contributed by atoms with Crippen LogP contribution in [-0.2, 0) is 0 Å². The van der Waals surface area contributed by atoms with Crippen LogP contribution in [0.3, 0.4) is 0 Å². The van der Waals surface area contributed by atoms with Crippen molar-refractivity contribution < 1.29 is 9.13 Å². The predicted octanol–water partition coefficient (Wildman–Crippen LogP) is 2.85. The molecule has 0 radical (unpaired) electrons. The molecule has 1 aromatic carbocycles. The van der Waals surface area contributed by atoms with E-state index in [-0.39, 0.29) is 11.9 Å². The summed E-state index contributed by atoms with van der Waals surface area (Å²) in [5.74, 6) is 0.347. The van der Waals surface area contributed by atoms with Crippen LogP contribution in [-0.4, -0.2) is 19.1 Å². The van der Waals surface area contributed by atoms with E-state index >= 15 is 0 Å². The minimum Gasteiger partial charge on any atom is -0.481 e. The number of halogens is 1. The normalized spacial score (nSPS) is 12.2. The fourth-order valence-corrected chi connectivity index (χ4v) is 2.24. The molecule has 100 valence electrons. The van der Waals surface area contributed by atoms with E-state index in [2.05, 4.69) is 10.3 Å². The van der Waals surface area contributed by atoms with E-state index in [1.165, 1.54) is 12.1 Å². The number of pyridine rings is 1. The van der Waals surface area contributed by atoms with E-state index in [0.717, 1.165) is 16.7 Å². The van der Waals surface area contributed by atoms with Crippen LogP contribution < -0.4 is 10.1 Å². The van der Waals surface area contributed by atoms with Crippen molar-refractivity contribution in [2.24, 2.45) is 0 Å². The zero-order chi connectivity index (χ0) is 13.8. The first-order valence-electron chi connectivity index (χ1n) is 6.09. The number of aryl methyl sites for hydroxylation is 1. The number of aromatic nitrogens is 1. The first-order chi connectivity index (χ1) is 9.17. The molecule has 1 atom stereocenters. The van der Waals surface area contributed by atoms with Crippen molar-refractivity contribution in [3.63, 3.8) is 0 Å². The summed E-state index contributed by atoms with van der Waals surface area (Å²) in [5, 5.41) is 3.23. The van der Waals surface area contributed by atoms with Crippen LogP contribution in [0.2, 0.25) is 0 Å². The van der Waals surface area contributed by atoms with E-state index in [9.17, 15) is 4.39 Å². The van der Waals surface area contributed by atoms with Crippen LogP contribution in [0.4, 0.5) is 4.39 Å². The minimum atomic E-state index is -0.228. The number of hydrogen-bond donors (Lipinski definition) is 1. The Kier molecular flexibility index (Phi) is 4.12. The number of benzene rings is 1. The second-order valence-corrected chi connectivity index (χ2v) is 4.32. The van der Waals surface area contributed by atoms with Gasteiger partial charge in [0.1, 0.15) is 5.82 Å². The smallest absolute Gasteiger partial charge is 0.218 e. The Balaban J connectivity index is 2.50. The Morgan fingerprint density at radius 2 is 2.05 bits per heavy atom. The molecular weight excluding hydrogens is 243 g/mol. The molecule has 0 saturated carbocycles. The molecule has 1 aromatic heterocycles. The van der Waals surface area contributed by atoms with Gasteiger partial charge in [-0.25, -0.2) is 9.37 Å². The molecule has 1 N–H and O–H groups in total. The second-order valence-electron chi connectivity index (χ2n) is 4.32. The van der Waals surface area contributed by atoms with E-state index in [1.54, 1.807) is 19.4 Å². The molecule has 2 rings (SSSR count). The number of ether oxygens (including phenoxy) is 1. The SMILES string of the molecule is CNC(c1ccc(F)cc1C)c1cccnc1OC. The summed E-state index contributed by atoms with van der Waals surface area (Å²) in [5.41, 5.74) is 2.84. The molecule has 0 aliphatic rings. The second kappa shape index (κ2) is 5.80. The first kappa shape index (κ1) is 13.5. The number of nitrogens with zero attached hydrogens (tertiary/aromatic N) is 1. The van der Waals surface area contributed by atoms with Crippen LogP contribution in [0.5, 0.6) is 5.88 Å². The van der Waals surface area contributed by atoms with Gasteiger partial charge in [0, 0.05) is 11.8 Å². The predicted molar refractivity (Wildman–Crippen MR) is 72.8 cm³/mol. The number of hydrogen-bond acceptors (Lipinski definition) is 3. The highest BCUT2D eigenvalue weighted by Crippen LogP contribution is 2.29. The fourth-order valence-electron chi connectivity index (χ4n) is 2.24. The molecule has 0 bridgehead atoms. The average Bonchev–Trinajstić information content (AvgIpc) is 2.42. The van der Waals surface area contributed by atoms with Gasteiger partial charge in [0.05, 0.1) is 13.2 Å². The van der Waals surface area contributed by atoms with Crippen LogP contribution in [0, 0.1) is 12.7 Å². The number of rotatable bonds is 4. The van der Waals surface area contributed by atoms with Crippen LogP contribution in [0.25, 0.3) is 0 Å². The molecule has 2 aromatic rings. The van der Waals surface area contributed by atoms with Gasteiger partial charge in [-0.05, 0) is 43.3 Å². The topological polar surface area (TPSA) is 34.2 Å². The highest BCUT2D eigenvalue weighted by molar-refractivity contribution is 5.40. The van der Waals surface area contributed by atoms with Crippen molar-refractivity contribution in [3.8, 4) is 5.88 Å².